The molecular formula is C27H32FN3O6S. The molecule has 38 heavy (non-hydrogen) atoms. The van der Waals surface area contributed by atoms with Crippen molar-refractivity contribution in [3.8, 4) is 0 Å². The third-order valence-corrected chi connectivity index (χ3v) is 7.56. The van der Waals surface area contributed by atoms with Gasteiger partial charge < -0.3 is 24.0 Å². The number of esters is 2. The van der Waals surface area contributed by atoms with Crippen LogP contribution in [0.3, 0.4) is 0 Å². The van der Waals surface area contributed by atoms with E-state index in [1.54, 1.807) is 41.8 Å². The Labute approximate surface area is 225 Å². The summed E-state index contributed by atoms with van der Waals surface area (Å²) in [4.78, 5) is 46.9. The molecule has 11 heteroatoms. The van der Waals surface area contributed by atoms with Crippen LogP contribution >= 0.6 is 11.8 Å². The van der Waals surface area contributed by atoms with Gasteiger partial charge in [-0.15, -0.1) is 0 Å². The lowest BCUT2D eigenvalue weighted by Gasteiger charge is -2.37. The molecule has 4 rings (SSSR count). The number of carbonyl (C=O) groups is 3. The third kappa shape index (κ3) is 5.94. The first-order chi connectivity index (χ1) is 18.3. The van der Waals surface area contributed by atoms with Crippen molar-refractivity contribution in [3.63, 3.8) is 0 Å². The van der Waals surface area contributed by atoms with Crippen LogP contribution < -0.4 is 0 Å². The summed E-state index contributed by atoms with van der Waals surface area (Å²) >= 11 is 1.32. The van der Waals surface area contributed by atoms with Crippen LogP contribution in [-0.2, 0) is 28.6 Å². The molecule has 1 aromatic carbocycles. The minimum absolute atomic E-state index is 0.0115. The van der Waals surface area contributed by atoms with Gasteiger partial charge in [0.15, 0.2) is 5.17 Å². The molecule has 0 bridgehead atoms. The Balaban J connectivity index is 1.60. The number of methoxy groups -OCH3 is 1. The number of allylic oxidation sites excluding steroid dienone is 1. The van der Waals surface area contributed by atoms with Crippen LogP contribution in [-0.4, -0.2) is 72.8 Å². The number of rotatable bonds is 9. The first kappa shape index (κ1) is 27.8. The van der Waals surface area contributed by atoms with E-state index in [0.717, 1.165) is 0 Å². The number of likely N-dealkylation sites (tertiary alicyclic amines) is 1. The van der Waals surface area contributed by atoms with Gasteiger partial charge in [-0.1, -0.05) is 30.0 Å². The van der Waals surface area contributed by atoms with Gasteiger partial charge in [0.25, 0.3) is 0 Å². The fourth-order valence-corrected chi connectivity index (χ4v) is 5.80. The number of benzene rings is 1. The molecule has 2 atom stereocenters. The first-order valence-electron chi connectivity index (χ1n) is 12.6. The average molecular weight is 546 g/mol. The highest BCUT2D eigenvalue weighted by molar-refractivity contribution is 8.16. The second-order valence-electron chi connectivity index (χ2n) is 9.15. The zero-order chi connectivity index (χ0) is 27.2. The maximum Gasteiger partial charge on any atom is 0.338 e. The summed E-state index contributed by atoms with van der Waals surface area (Å²) in [6.45, 7) is 4.85. The molecule has 204 valence electrons. The summed E-state index contributed by atoms with van der Waals surface area (Å²) in [6.07, 6.45) is 1.40. The lowest BCUT2D eigenvalue weighted by atomic mass is 9.93. The molecule has 2 unspecified atom stereocenters. The molecule has 0 aromatic heterocycles. The summed E-state index contributed by atoms with van der Waals surface area (Å²) in [5, 5.41) is 2.36. The number of fused-ring (bicyclic) bond motifs is 1. The van der Waals surface area contributed by atoms with Crippen LogP contribution in [0.5, 0.6) is 0 Å². The zero-order valence-corrected chi connectivity index (χ0v) is 22.6. The fourth-order valence-electron chi connectivity index (χ4n) is 4.84. The Morgan fingerprint density at radius 3 is 2.71 bits per heavy atom. The van der Waals surface area contributed by atoms with E-state index in [-0.39, 0.29) is 48.6 Å². The summed E-state index contributed by atoms with van der Waals surface area (Å²) in [5.74, 6) is -1.90. The van der Waals surface area contributed by atoms with Crippen molar-refractivity contribution in [3.05, 3.63) is 58.0 Å². The van der Waals surface area contributed by atoms with Crippen LogP contribution in [0.4, 0.5) is 4.39 Å². The quantitative estimate of drug-likeness (QED) is 0.342. The van der Waals surface area contributed by atoms with E-state index in [4.69, 9.17) is 14.2 Å². The van der Waals surface area contributed by atoms with Crippen molar-refractivity contribution < 1.29 is 33.0 Å². The maximum atomic E-state index is 15.2. The highest BCUT2D eigenvalue weighted by Crippen LogP contribution is 2.45. The molecule has 0 radical (unpaired) electrons. The largest absolute Gasteiger partial charge is 0.466 e. The average Bonchev–Trinajstić information content (AvgIpc) is 3.30. The molecule has 0 saturated carbocycles. The van der Waals surface area contributed by atoms with Gasteiger partial charge in [0.1, 0.15) is 12.4 Å². The topological polar surface area (TPSA) is 97.7 Å². The molecule has 1 fully saturated rings. The minimum atomic E-state index is -0.860. The van der Waals surface area contributed by atoms with E-state index < -0.39 is 17.8 Å². The van der Waals surface area contributed by atoms with Gasteiger partial charge in [0.05, 0.1) is 42.9 Å². The molecule has 1 saturated heterocycles. The number of ether oxygens (including phenoxy) is 3. The number of hydrogen-bond donors (Lipinski definition) is 0. The molecule has 0 aliphatic carbocycles. The Bertz CT molecular complexity index is 1180. The minimum Gasteiger partial charge on any atom is -0.466 e. The van der Waals surface area contributed by atoms with Crippen LogP contribution in [0.15, 0.2) is 51.6 Å². The lowest BCUT2D eigenvalue weighted by molar-refractivity contribution is -0.151. The van der Waals surface area contributed by atoms with Crippen molar-refractivity contribution in [2.24, 2.45) is 10.9 Å². The second-order valence-corrected chi connectivity index (χ2v) is 9.99. The van der Waals surface area contributed by atoms with E-state index in [0.29, 0.717) is 49.1 Å². The fraction of sp³-hybridized carbons (Fsp3) is 0.481. The summed E-state index contributed by atoms with van der Waals surface area (Å²) in [7, 11) is 1.50. The number of thioether (sulfide) groups is 1. The summed E-state index contributed by atoms with van der Waals surface area (Å²) in [5.41, 5.74) is 1.50. The Morgan fingerprint density at radius 2 is 1.97 bits per heavy atom. The molecule has 0 N–H and O–H groups in total. The van der Waals surface area contributed by atoms with Gasteiger partial charge in [0.2, 0.25) is 5.91 Å². The first-order valence-corrected chi connectivity index (χ1v) is 13.5. The lowest BCUT2D eigenvalue weighted by Crippen LogP contribution is -2.44. The van der Waals surface area contributed by atoms with Crippen molar-refractivity contribution in [1.29, 1.82) is 0 Å². The predicted molar refractivity (Wildman–Crippen MR) is 140 cm³/mol. The second kappa shape index (κ2) is 12.6. The standard InChI is InChI=1S/C27H32FN3O6S/c1-4-36-25(33)18-8-7-11-30(15-18)22(32)14-19-16-38-27-29-17(2)23(26(34)37-13-12-35-3)24(31(19)27)20-9-5-6-10-21(20)28/h5-6,9-10,16,18,24H,4,7-8,11-15H2,1-3H3. The number of halogens is 1. The number of amidine groups is 1. The maximum absolute atomic E-state index is 15.2. The zero-order valence-electron chi connectivity index (χ0n) is 21.8. The molecule has 1 amide bonds. The molecule has 9 nitrogen and oxygen atoms in total. The van der Waals surface area contributed by atoms with Crippen LogP contribution in [0.1, 0.15) is 44.7 Å². The smallest absolute Gasteiger partial charge is 0.338 e. The van der Waals surface area contributed by atoms with Gasteiger partial charge in [-0.2, -0.15) is 0 Å². The van der Waals surface area contributed by atoms with Crippen LogP contribution in [0, 0.1) is 11.7 Å². The van der Waals surface area contributed by atoms with E-state index >= 15 is 4.39 Å². The highest BCUT2D eigenvalue weighted by atomic mass is 32.2. The van der Waals surface area contributed by atoms with Gasteiger partial charge in [-0.25, -0.2) is 14.2 Å². The van der Waals surface area contributed by atoms with Gasteiger partial charge in [-0.3, -0.25) is 9.59 Å². The summed E-state index contributed by atoms with van der Waals surface area (Å²) < 4.78 is 30.7. The van der Waals surface area contributed by atoms with E-state index in [2.05, 4.69) is 4.99 Å². The molecule has 3 aliphatic heterocycles. The number of aliphatic imine (C=N–C) groups is 1. The number of carbonyl (C=O) groups excluding carboxylic acids is 3. The normalized spacial score (nSPS) is 21.1. The van der Waals surface area contributed by atoms with Crippen molar-refractivity contribution in [2.75, 3.05) is 40.0 Å². The molecule has 1 aromatic rings. The number of amides is 1. The molecule has 0 spiro atoms. The molecule has 3 aliphatic rings. The molecule has 3 heterocycles. The van der Waals surface area contributed by atoms with Gasteiger partial charge in [-0.05, 0) is 38.2 Å². The third-order valence-electron chi connectivity index (χ3n) is 6.67. The monoisotopic (exact) mass is 545 g/mol. The SMILES string of the molecule is CCOC(=O)C1CCCN(C(=O)CC2=CSC3=NC(C)=C(C(=O)OCCOC)C(c4ccccc4F)N23)C1. The van der Waals surface area contributed by atoms with E-state index in [9.17, 15) is 14.4 Å². The van der Waals surface area contributed by atoms with Gasteiger partial charge >= 0.3 is 11.9 Å². The van der Waals surface area contributed by atoms with E-state index in [1.807, 2.05) is 5.41 Å². The highest BCUT2D eigenvalue weighted by Gasteiger charge is 2.42. The Kier molecular flexibility index (Phi) is 9.22. The predicted octanol–water partition coefficient (Wildman–Crippen LogP) is 3.78. The van der Waals surface area contributed by atoms with Crippen LogP contribution in [0.25, 0.3) is 0 Å². The summed E-state index contributed by atoms with van der Waals surface area (Å²) in [6, 6.07) is 5.38. The van der Waals surface area contributed by atoms with E-state index in [1.165, 1.54) is 24.9 Å². The van der Waals surface area contributed by atoms with Crippen molar-refractivity contribution in [1.82, 2.24) is 9.80 Å². The number of nitrogens with zero attached hydrogens (tertiary/aromatic N) is 3. The number of piperidine rings is 1. The van der Waals surface area contributed by atoms with Crippen molar-refractivity contribution >= 4 is 34.8 Å². The number of hydrogen-bond acceptors (Lipinski definition) is 9. The van der Waals surface area contributed by atoms with Crippen molar-refractivity contribution in [2.45, 2.75) is 39.2 Å². The van der Waals surface area contributed by atoms with Crippen LogP contribution in [0.2, 0.25) is 0 Å². The Morgan fingerprint density at radius 1 is 1.18 bits per heavy atom. The Hall–Kier alpha value is -3.18. The molecular weight excluding hydrogens is 513 g/mol. The van der Waals surface area contributed by atoms with Gasteiger partial charge in [0, 0.05) is 31.5 Å².